The molecule has 0 unspecified atom stereocenters. The Morgan fingerprint density at radius 2 is 2.30 bits per heavy atom. The first-order valence-electron chi connectivity index (χ1n) is 5.80. The van der Waals surface area contributed by atoms with Gasteiger partial charge in [-0.05, 0) is 12.5 Å². The first-order valence-corrected chi connectivity index (χ1v) is 5.80. The number of amides is 1. The van der Waals surface area contributed by atoms with E-state index in [1.165, 1.54) is 0 Å². The Bertz CT molecular complexity index is 668. The SMILES string of the molecule is CCc1cn[nH]c1NC(=O)c1cc([N+](=O)[O-])ccc1F. The first-order chi connectivity index (χ1) is 9.52. The minimum atomic E-state index is -0.828. The largest absolute Gasteiger partial charge is 0.307 e. The summed E-state index contributed by atoms with van der Waals surface area (Å²) in [7, 11) is 0. The molecule has 0 aliphatic carbocycles. The van der Waals surface area contributed by atoms with Gasteiger partial charge in [-0.15, -0.1) is 0 Å². The molecule has 0 saturated heterocycles. The molecule has 7 nitrogen and oxygen atoms in total. The Hall–Kier alpha value is -2.77. The number of benzene rings is 1. The van der Waals surface area contributed by atoms with E-state index in [9.17, 15) is 19.3 Å². The number of nitrogens with one attached hydrogen (secondary N) is 2. The molecule has 0 atom stereocenters. The van der Waals surface area contributed by atoms with Crippen LogP contribution >= 0.6 is 0 Å². The number of aromatic nitrogens is 2. The molecule has 0 aliphatic rings. The van der Waals surface area contributed by atoms with Crippen LogP contribution in [0.2, 0.25) is 0 Å². The van der Waals surface area contributed by atoms with E-state index in [2.05, 4.69) is 15.5 Å². The molecule has 0 fully saturated rings. The van der Waals surface area contributed by atoms with E-state index in [1.54, 1.807) is 6.20 Å². The van der Waals surface area contributed by atoms with Gasteiger partial charge < -0.3 is 5.32 Å². The fourth-order valence-corrected chi connectivity index (χ4v) is 1.67. The Morgan fingerprint density at radius 3 is 2.95 bits per heavy atom. The molecule has 0 bridgehead atoms. The number of H-pyrrole nitrogens is 1. The second kappa shape index (κ2) is 5.47. The number of hydrogen-bond acceptors (Lipinski definition) is 4. The highest BCUT2D eigenvalue weighted by Crippen LogP contribution is 2.19. The number of anilines is 1. The van der Waals surface area contributed by atoms with E-state index in [0.29, 0.717) is 12.2 Å². The lowest BCUT2D eigenvalue weighted by atomic mass is 10.1. The van der Waals surface area contributed by atoms with Crippen molar-refractivity contribution in [2.75, 3.05) is 5.32 Å². The van der Waals surface area contributed by atoms with Crippen LogP contribution in [-0.2, 0) is 6.42 Å². The van der Waals surface area contributed by atoms with Crippen LogP contribution in [0.1, 0.15) is 22.8 Å². The zero-order chi connectivity index (χ0) is 14.7. The Labute approximate surface area is 113 Å². The highest BCUT2D eigenvalue weighted by atomic mass is 19.1. The Balaban J connectivity index is 2.29. The third kappa shape index (κ3) is 2.63. The smallest absolute Gasteiger partial charge is 0.270 e. The summed E-state index contributed by atoms with van der Waals surface area (Å²) in [6, 6.07) is 2.78. The maximum absolute atomic E-state index is 13.6. The number of aromatic amines is 1. The number of nitrogens with zero attached hydrogens (tertiary/aromatic N) is 2. The number of aryl methyl sites for hydroxylation is 1. The van der Waals surface area contributed by atoms with Gasteiger partial charge in [-0.25, -0.2) is 4.39 Å². The van der Waals surface area contributed by atoms with Crippen LogP contribution in [0, 0.1) is 15.9 Å². The van der Waals surface area contributed by atoms with Gasteiger partial charge in [-0.2, -0.15) is 5.10 Å². The zero-order valence-electron chi connectivity index (χ0n) is 10.5. The average Bonchev–Trinajstić information content (AvgIpc) is 2.86. The third-order valence-corrected chi connectivity index (χ3v) is 2.74. The molecule has 2 aromatic rings. The number of carbonyl (C=O) groups excluding carboxylic acids is 1. The molecule has 0 saturated carbocycles. The van der Waals surface area contributed by atoms with Gasteiger partial charge in [0, 0.05) is 17.7 Å². The second-order valence-electron chi connectivity index (χ2n) is 4.00. The maximum atomic E-state index is 13.6. The lowest BCUT2D eigenvalue weighted by molar-refractivity contribution is -0.384. The predicted molar refractivity (Wildman–Crippen MR) is 69.0 cm³/mol. The summed E-state index contributed by atoms with van der Waals surface area (Å²) in [6.07, 6.45) is 2.17. The van der Waals surface area contributed by atoms with Gasteiger partial charge in [0.1, 0.15) is 11.6 Å². The van der Waals surface area contributed by atoms with Crippen molar-refractivity contribution in [3.63, 3.8) is 0 Å². The van der Waals surface area contributed by atoms with Gasteiger partial charge in [-0.1, -0.05) is 6.92 Å². The summed E-state index contributed by atoms with van der Waals surface area (Å²) in [5.41, 5.74) is 0.0110. The van der Waals surface area contributed by atoms with Crippen molar-refractivity contribution in [3.8, 4) is 0 Å². The van der Waals surface area contributed by atoms with Gasteiger partial charge >= 0.3 is 0 Å². The molecule has 1 amide bonds. The van der Waals surface area contributed by atoms with Gasteiger partial charge in [0.05, 0.1) is 16.7 Å². The molecule has 104 valence electrons. The van der Waals surface area contributed by atoms with Crippen molar-refractivity contribution in [1.29, 1.82) is 0 Å². The van der Waals surface area contributed by atoms with Crippen LogP contribution in [0.15, 0.2) is 24.4 Å². The zero-order valence-corrected chi connectivity index (χ0v) is 10.5. The van der Waals surface area contributed by atoms with Crippen LogP contribution in [0.4, 0.5) is 15.9 Å². The van der Waals surface area contributed by atoms with Gasteiger partial charge in [0.25, 0.3) is 11.6 Å². The molecule has 0 radical (unpaired) electrons. The first kappa shape index (κ1) is 13.7. The van der Waals surface area contributed by atoms with Gasteiger partial charge in [0.2, 0.25) is 0 Å². The number of nitro groups is 1. The van der Waals surface area contributed by atoms with Gasteiger partial charge in [-0.3, -0.25) is 20.0 Å². The highest BCUT2D eigenvalue weighted by molar-refractivity contribution is 6.04. The quantitative estimate of drug-likeness (QED) is 0.661. The molecule has 1 aromatic carbocycles. The summed E-state index contributed by atoms with van der Waals surface area (Å²) in [4.78, 5) is 21.9. The molecule has 8 heteroatoms. The topological polar surface area (TPSA) is 101 Å². The number of hydrogen-bond donors (Lipinski definition) is 2. The van der Waals surface area contributed by atoms with Crippen molar-refractivity contribution in [2.24, 2.45) is 0 Å². The fraction of sp³-hybridized carbons (Fsp3) is 0.167. The number of nitro benzene ring substituents is 1. The molecule has 2 N–H and O–H groups in total. The van der Waals surface area contributed by atoms with E-state index in [-0.39, 0.29) is 5.69 Å². The number of rotatable bonds is 4. The van der Waals surface area contributed by atoms with Crippen molar-refractivity contribution >= 4 is 17.4 Å². The predicted octanol–water partition coefficient (Wildman–Crippen LogP) is 2.27. The van der Waals surface area contributed by atoms with Crippen molar-refractivity contribution in [3.05, 3.63) is 51.5 Å². The minimum absolute atomic E-state index is 0.350. The summed E-state index contributed by atoms with van der Waals surface area (Å²) in [6.45, 7) is 1.87. The summed E-state index contributed by atoms with van der Waals surface area (Å²) >= 11 is 0. The maximum Gasteiger partial charge on any atom is 0.270 e. The van der Waals surface area contributed by atoms with E-state index in [4.69, 9.17) is 0 Å². The lowest BCUT2D eigenvalue weighted by Gasteiger charge is -2.05. The second-order valence-corrected chi connectivity index (χ2v) is 4.00. The van der Waals surface area contributed by atoms with E-state index in [1.807, 2.05) is 6.92 Å². The molecule has 2 rings (SSSR count). The minimum Gasteiger partial charge on any atom is -0.307 e. The number of carbonyl (C=O) groups is 1. The molecule has 1 heterocycles. The molecular formula is C12H11FN4O3. The van der Waals surface area contributed by atoms with Crippen LogP contribution in [0.5, 0.6) is 0 Å². The summed E-state index contributed by atoms with van der Waals surface area (Å²) < 4.78 is 13.6. The Morgan fingerprint density at radius 1 is 1.55 bits per heavy atom. The summed E-state index contributed by atoms with van der Waals surface area (Å²) in [5.74, 6) is -1.25. The van der Waals surface area contributed by atoms with E-state index in [0.717, 1.165) is 23.8 Å². The van der Waals surface area contributed by atoms with Crippen LogP contribution in [0.25, 0.3) is 0 Å². The molecule has 0 spiro atoms. The van der Waals surface area contributed by atoms with Gasteiger partial charge in [0.15, 0.2) is 0 Å². The monoisotopic (exact) mass is 278 g/mol. The normalized spacial score (nSPS) is 10.3. The van der Waals surface area contributed by atoms with Crippen molar-refractivity contribution in [1.82, 2.24) is 10.2 Å². The molecule has 0 aliphatic heterocycles. The van der Waals surface area contributed by atoms with Crippen LogP contribution in [-0.4, -0.2) is 21.0 Å². The fourth-order valence-electron chi connectivity index (χ4n) is 1.67. The van der Waals surface area contributed by atoms with Crippen LogP contribution in [0.3, 0.4) is 0 Å². The van der Waals surface area contributed by atoms with E-state index >= 15 is 0 Å². The number of halogens is 1. The standard InChI is InChI=1S/C12H11FN4O3/c1-2-7-6-14-16-11(7)15-12(18)9-5-8(17(19)20)3-4-10(9)13/h3-6H,2H2,1H3,(H2,14,15,16,18). The summed E-state index contributed by atoms with van der Waals surface area (Å²) in [5, 5.41) is 19.4. The third-order valence-electron chi connectivity index (χ3n) is 2.74. The number of non-ortho nitro benzene ring substituents is 1. The average molecular weight is 278 g/mol. The van der Waals surface area contributed by atoms with Crippen molar-refractivity contribution < 1.29 is 14.1 Å². The molecular weight excluding hydrogens is 267 g/mol. The lowest BCUT2D eigenvalue weighted by Crippen LogP contribution is -2.15. The van der Waals surface area contributed by atoms with Crippen molar-refractivity contribution in [2.45, 2.75) is 13.3 Å². The van der Waals surface area contributed by atoms with E-state index < -0.39 is 22.2 Å². The Kier molecular flexibility index (Phi) is 3.74. The van der Waals surface area contributed by atoms with Crippen LogP contribution < -0.4 is 5.32 Å². The molecule has 1 aromatic heterocycles. The molecule has 20 heavy (non-hydrogen) atoms. The highest BCUT2D eigenvalue weighted by Gasteiger charge is 2.18.